The van der Waals surface area contributed by atoms with Gasteiger partial charge in [-0.15, -0.1) is 11.3 Å². The van der Waals surface area contributed by atoms with Crippen LogP contribution in [0, 0.1) is 5.82 Å². The SMILES string of the molecule is O=C(c1cccs1)N1CCCC[C@H](c2ccc(F)cc2)C1. The number of benzene rings is 1. The van der Waals surface area contributed by atoms with Crippen molar-refractivity contribution in [2.45, 2.75) is 25.2 Å². The topological polar surface area (TPSA) is 20.3 Å². The number of carbonyl (C=O) groups is 1. The van der Waals surface area contributed by atoms with Crippen LogP contribution in [0.25, 0.3) is 0 Å². The van der Waals surface area contributed by atoms with Gasteiger partial charge in [-0.3, -0.25) is 4.79 Å². The Morgan fingerprint density at radius 2 is 2.00 bits per heavy atom. The normalized spacial score (nSPS) is 19.3. The van der Waals surface area contributed by atoms with E-state index in [2.05, 4.69) is 0 Å². The minimum absolute atomic E-state index is 0.124. The van der Waals surface area contributed by atoms with Crippen molar-refractivity contribution in [3.63, 3.8) is 0 Å². The second kappa shape index (κ2) is 6.39. The molecule has 2 heterocycles. The fraction of sp³-hybridized carbons (Fsp3) is 0.353. The molecule has 2 aromatic rings. The number of nitrogens with zero attached hydrogens (tertiary/aromatic N) is 1. The third-order valence-corrected chi connectivity index (χ3v) is 4.89. The molecule has 1 aliphatic heterocycles. The summed E-state index contributed by atoms with van der Waals surface area (Å²) in [6.07, 6.45) is 3.20. The van der Waals surface area contributed by atoms with E-state index in [1.54, 1.807) is 0 Å². The molecule has 0 spiro atoms. The first kappa shape index (κ1) is 14.3. The number of thiophene rings is 1. The molecular formula is C17H18FNOS. The average molecular weight is 303 g/mol. The van der Waals surface area contributed by atoms with Gasteiger partial charge in [-0.25, -0.2) is 4.39 Å². The van der Waals surface area contributed by atoms with E-state index >= 15 is 0 Å². The van der Waals surface area contributed by atoms with Gasteiger partial charge in [0.2, 0.25) is 0 Å². The summed E-state index contributed by atoms with van der Waals surface area (Å²) in [5.74, 6) is 0.218. The van der Waals surface area contributed by atoms with Gasteiger partial charge >= 0.3 is 0 Å². The van der Waals surface area contributed by atoms with Crippen molar-refractivity contribution in [1.82, 2.24) is 4.90 Å². The summed E-state index contributed by atoms with van der Waals surface area (Å²) >= 11 is 1.49. The number of rotatable bonds is 2. The van der Waals surface area contributed by atoms with Crippen molar-refractivity contribution in [1.29, 1.82) is 0 Å². The first-order valence-corrected chi connectivity index (χ1v) is 8.20. The van der Waals surface area contributed by atoms with Crippen LogP contribution in [-0.2, 0) is 0 Å². The molecule has 0 aliphatic carbocycles. The lowest BCUT2D eigenvalue weighted by molar-refractivity contribution is 0.0759. The highest BCUT2D eigenvalue weighted by Crippen LogP contribution is 2.28. The van der Waals surface area contributed by atoms with E-state index in [9.17, 15) is 9.18 Å². The summed E-state index contributed by atoms with van der Waals surface area (Å²) in [6.45, 7) is 1.54. The largest absolute Gasteiger partial charge is 0.337 e. The summed E-state index contributed by atoms with van der Waals surface area (Å²) in [7, 11) is 0. The summed E-state index contributed by atoms with van der Waals surface area (Å²) in [6, 6.07) is 10.5. The van der Waals surface area contributed by atoms with E-state index < -0.39 is 0 Å². The van der Waals surface area contributed by atoms with Crippen molar-refractivity contribution in [3.8, 4) is 0 Å². The minimum Gasteiger partial charge on any atom is -0.337 e. The molecule has 0 saturated carbocycles. The number of halogens is 1. The molecule has 1 atom stereocenters. The van der Waals surface area contributed by atoms with Crippen molar-refractivity contribution in [3.05, 3.63) is 58.0 Å². The molecule has 1 aromatic carbocycles. The monoisotopic (exact) mass is 303 g/mol. The zero-order valence-corrected chi connectivity index (χ0v) is 12.6. The van der Waals surface area contributed by atoms with E-state index in [4.69, 9.17) is 0 Å². The van der Waals surface area contributed by atoms with Crippen LogP contribution in [0.5, 0.6) is 0 Å². The molecule has 0 bridgehead atoms. The maximum atomic E-state index is 13.1. The first-order chi connectivity index (χ1) is 10.2. The van der Waals surface area contributed by atoms with Crippen LogP contribution in [0.15, 0.2) is 41.8 Å². The summed E-state index contributed by atoms with van der Waals surface area (Å²) in [4.78, 5) is 15.3. The van der Waals surface area contributed by atoms with Crippen LogP contribution >= 0.6 is 11.3 Å². The Labute approximate surface area is 128 Å². The number of carbonyl (C=O) groups excluding carboxylic acids is 1. The second-order valence-corrected chi connectivity index (χ2v) is 6.42. The Morgan fingerprint density at radius 3 is 2.71 bits per heavy atom. The smallest absolute Gasteiger partial charge is 0.263 e. The maximum absolute atomic E-state index is 13.1. The van der Waals surface area contributed by atoms with Gasteiger partial charge in [0.1, 0.15) is 5.82 Å². The summed E-state index contributed by atoms with van der Waals surface area (Å²) in [5, 5.41) is 1.93. The van der Waals surface area contributed by atoms with Crippen molar-refractivity contribution >= 4 is 17.2 Å². The quantitative estimate of drug-likeness (QED) is 0.810. The second-order valence-electron chi connectivity index (χ2n) is 5.47. The van der Waals surface area contributed by atoms with E-state index in [0.717, 1.165) is 42.8 Å². The minimum atomic E-state index is -0.209. The Bertz CT molecular complexity index is 594. The van der Waals surface area contributed by atoms with E-state index in [1.807, 2.05) is 34.5 Å². The van der Waals surface area contributed by atoms with Crippen molar-refractivity contribution in [2.24, 2.45) is 0 Å². The van der Waals surface area contributed by atoms with Gasteiger partial charge in [0.15, 0.2) is 0 Å². The molecular weight excluding hydrogens is 285 g/mol. The molecule has 3 rings (SSSR count). The van der Waals surface area contributed by atoms with E-state index in [-0.39, 0.29) is 11.7 Å². The lowest BCUT2D eigenvalue weighted by Crippen LogP contribution is -2.33. The molecule has 0 N–H and O–H groups in total. The highest BCUT2D eigenvalue weighted by Gasteiger charge is 2.24. The molecule has 1 aliphatic rings. The van der Waals surface area contributed by atoms with Gasteiger partial charge in [0, 0.05) is 19.0 Å². The molecule has 4 heteroatoms. The molecule has 2 nitrogen and oxygen atoms in total. The predicted molar refractivity (Wildman–Crippen MR) is 83.2 cm³/mol. The molecule has 0 radical (unpaired) electrons. The van der Waals surface area contributed by atoms with Crippen molar-refractivity contribution < 1.29 is 9.18 Å². The lowest BCUT2D eigenvalue weighted by Gasteiger charge is -2.24. The average Bonchev–Trinajstić information content (AvgIpc) is 2.92. The van der Waals surface area contributed by atoms with Crippen LogP contribution in [0.4, 0.5) is 4.39 Å². The van der Waals surface area contributed by atoms with Gasteiger partial charge in [-0.2, -0.15) is 0 Å². The maximum Gasteiger partial charge on any atom is 0.263 e. The number of hydrogen-bond donors (Lipinski definition) is 0. The van der Waals surface area contributed by atoms with Crippen LogP contribution in [0.1, 0.15) is 40.4 Å². The van der Waals surface area contributed by atoms with Crippen molar-refractivity contribution in [2.75, 3.05) is 13.1 Å². The van der Waals surface area contributed by atoms with E-state index in [1.165, 1.54) is 23.5 Å². The molecule has 1 saturated heterocycles. The van der Waals surface area contributed by atoms with Gasteiger partial charge in [0.05, 0.1) is 4.88 Å². The molecule has 21 heavy (non-hydrogen) atoms. The van der Waals surface area contributed by atoms with Crippen LogP contribution < -0.4 is 0 Å². The highest BCUT2D eigenvalue weighted by atomic mass is 32.1. The zero-order chi connectivity index (χ0) is 14.7. The van der Waals surface area contributed by atoms with Gasteiger partial charge in [0.25, 0.3) is 5.91 Å². The van der Waals surface area contributed by atoms with Crippen LogP contribution in [-0.4, -0.2) is 23.9 Å². The predicted octanol–water partition coefficient (Wildman–Crippen LogP) is 4.30. The Hall–Kier alpha value is -1.68. The Kier molecular flexibility index (Phi) is 4.34. The first-order valence-electron chi connectivity index (χ1n) is 7.32. The Balaban J connectivity index is 1.77. The van der Waals surface area contributed by atoms with E-state index in [0.29, 0.717) is 5.92 Å². The molecule has 1 fully saturated rings. The number of hydrogen-bond acceptors (Lipinski definition) is 2. The number of amides is 1. The number of likely N-dealkylation sites (tertiary alicyclic amines) is 1. The van der Waals surface area contributed by atoms with Gasteiger partial charge in [-0.1, -0.05) is 24.6 Å². The van der Waals surface area contributed by atoms with Crippen LogP contribution in [0.2, 0.25) is 0 Å². The molecule has 1 amide bonds. The third kappa shape index (κ3) is 3.32. The molecule has 0 unspecified atom stereocenters. The zero-order valence-electron chi connectivity index (χ0n) is 11.8. The Morgan fingerprint density at radius 1 is 1.19 bits per heavy atom. The summed E-state index contributed by atoms with van der Waals surface area (Å²) in [5.41, 5.74) is 1.13. The fourth-order valence-corrected chi connectivity index (χ4v) is 3.58. The standard InChI is InChI=1S/C17H18FNOS/c18-15-8-6-13(7-9-15)14-4-1-2-10-19(12-14)17(20)16-5-3-11-21-16/h3,5-9,11,14H,1-2,4,10,12H2/t14-/m0/s1. The molecule has 110 valence electrons. The fourth-order valence-electron chi connectivity index (χ4n) is 2.89. The summed E-state index contributed by atoms with van der Waals surface area (Å²) < 4.78 is 13.1. The third-order valence-electron chi connectivity index (χ3n) is 4.03. The van der Waals surface area contributed by atoms with Crippen LogP contribution in [0.3, 0.4) is 0 Å². The van der Waals surface area contributed by atoms with Gasteiger partial charge in [-0.05, 0) is 42.0 Å². The highest BCUT2D eigenvalue weighted by molar-refractivity contribution is 7.12. The van der Waals surface area contributed by atoms with Gasteiger partial charge < -0.3 is 4.90 Å². The molecule has 1 aromatic heterocycles. The lowest BCUT2D eigenvalue weighted by atomic mass is 9.94.